The summed E-state index contributed by atoms with van der Waals surface area (Å²) in [6.45, 7) is 1.72. The third-order valence-corrected chi connectivity index (χ3v) is 4.43. The monoisotopic (exact) mass is 385 g/mol. The molecule has 2 N–H and O–H groups in total. The topological polar surface area (TPSA) is 65.2 Å². The molecule has 0 spiro atoms. The second-order valence-corrected chi connectivity index (χ2v) is 6.22. The number of nitrogens with one attached hydrogen (secondary N) is 2. The van der Waals surface area contributed by atoms with Crippen molar-refractivity contribution < 1.29 is 4.79 Å². The number of carbonyl (C=O) groups excluding carboxylic acids is 1. The third kappa shape index (κ3) is 3.19. The molecule has 0 aliphatic carbocycles. The standard InChI is InChI=1S/C15H16BrN3O2.ClH/c1-19(10-4-5-17-8-10)15(21)12-7-14(20)18-13-3-2-9(16)6-11(12)13;/h2-3,6-7,10,17H,4-5,8H2,1H3,(H,18,20);1H. The van der Waals surface area contributed by atoms with E-state index in [1.54, 1.807) is 18.0 Å². The molecule has 1 fully saturated rings. The molecule has 1 saturated heterocycles. The molecule has 118 valence electrons. The summed E-state index contributed by atoms with van der Waals surface area (Å²) >= 11 is 3.41. The third-order valence-electron chi connectivity index (χ3n) is 3.94. The van der Waals surface area contributed by atoms with Crippen molar-refractivity contribution in [3.63, 3.8) is 0 Å². The molecule has 0 bridgehead atoms. The van der Waals surface area contributed by atoms with Gasteiger partial charge in [0.1, 0.15) is 0 Å². The summed E-state index contributed by atoms with van der Waals surface area (Å²) < 4.78 is 0.876. The van der Waals surface area contributed by atoms with Crippen LogP contribution in [-0.4, -0.2) is 42.0 Å². The van der Waals surface area contributed by atoms with Gasteiger partial charge in [-0.05, 0) is 31.2 Å². The van der Waals surface area contributed by atoms with Gasteiger partial charge in [-0.1, -0.05) is 15.9 Å². The van der Waals surface area contributed by atoms with Crippen LogP contribution in [0.1, 0.15) is 16.8 Å². The minimum atomic E-state index is -0.258. The first-order chi connectivity index (χ1) is 10.1. The highest BCUT2D eigenvalue weighted by atomic mass is 79.9. The molecule has 2 aromatic rings. The van der Waals surface area contributed by atoms with E-state index in [-0.39, 0.29) is 29.9 Å². The number of likely N-dealkylation sites (N-methyl/N-ethyl adjacent to an activating group) is 1. The van der Waals surface area contributed by atoms with Crippen molar-refractivity contribution in [2.24, 2.45) is 0 Å². The fourth-order valence-electron chi connectivity index (χ4n) is 2.73. The molecule has 22 heavy (non-hydrogen) atoms. The van der Waals surface area contributed by atoms with Gasteiger partial charge in [0.15, 0.2) is 0 Å². The number of aromatic amines is 1. The predicted molar refractivity (Wildman–Crippen MR) is 92.9 cm³/mol. The minimum Gasteiger partial charge on any atom is -0.337 e. The van der Waals surface area contributed by atoms with E-state index in [1.165, 1.54) is 6.07 Å². The zero-order chi connectivity index (χ0) is 15.0. The quantitative estimate of drug-likeness (QED) is 0.831. The summed E-state index contributed by atoms with van der Waals surface area (Å²) in [4.78, 5) is 29.0. The van der Waals surface area contributed by atoms with Crippen molar-refractivity contribution in [2.45, 2.75) is 12.5 Å². The van der Waals surface area contributed by atoms with Gasteiger partial charge in [0.05, 0.1) is 5.56 Å². The van der Waals surface area contributed by atoms with Crippen LogP contribution in [0.4, 0.5) is 0 Å². The summed E-state index contributed by atoms with van der Waals surface area (Å²) in [5.41, 5.74) is 0.863. The summed E-state index contributed by atoms with van der Waals surface area (Å²) in [5.74, 6) is -0.113. The number of H-pyrrole nitrogens is 1. The lowest BCUT2D eigenvalue weighted by Gasteiger charge is -2.24. The molecule has 5 nitrogen and oxygen atoms in total. The van der Waals surface area contributed by atoms with Gasteiger partial charge in [0.2, 0.25) is 5.56 Å². The Morgan fingerprint density at radius 2 is 2.14 bits per heavy atom. The number of fused-ring (bicyclic) bond motifs is 1. The number of hydrogen-bond donors (Lipinski definition) is 2. The summed E-state index contributed by atoms with van der Waals surface area (Å²) in [7, 11) is 1.80. The van der Waals surface area contributed by atoms with Crippen LogP contribution in [0.3, 0.4) is 0 Å². The maximum Gasteiger partial charge on any atom is 0.254 e. The van der Waals surface area contributed by atoms with Crippen LogP contribution >= 0.6 is 28.3 Å². The Hall–Kier alpha value is -1.37. The van der Waals surface area contributed by atoms with Gasteiger partial charge in [-0.3, -0.25) is 9.59 Å². The lowest BCUT2D eigenvalue weighted by molar-refractivity contribution is 0.0745. The van der Waals surface area contributed by atoms with Crippen LogP contribution < -0.4 is 10.9 Å². The average molecular weight is 387 g/mol. The van der Waals surface area contributed by atoms with Gasteiger partial charge in [0.25, 0.3) is 5.91 Å². The van der Waals surface area contributed by atoms with Crippen molar-refractivity contribution in [3.05, 3.63) is 44.7 Å². The van der Waals surface area contributed by atoms with Crippen molar-refractivity contribution in [2.75, 3.05) is 20.1 Å². The van der Waals surface area contributed by atoms with Crippen LogP contribution in [-0.2, 0) is 0 Å². The predicted octanol–water partition coefficient (Wildman–Crippen LogP) is 2.15. The smallest absolute Gasteiger partial charge is 0.254 e. The van der Waals surface area contributed by atoms with Crippen molar-refractivity contribution in [1.29, 1.82) is 0 Å². The number of halogens is 2. The molecule has 1 amide bonds. The first-order valence-electron chi connectivity index (χ1n) is 6.87. The number of benzene rings is 1. The van der Waals surface area contributed by atoms with E-state index in [1.807, 2.05) is 12.1 Å². The van der Waals surface area contributed by atoms with Gasteiger partial charge in [-0.15, -0.1) is 12.4 Å². The number of aromatic nitrogens is 1. The summed E-state index contributed by atoms with van der Waals surface area (Å²) in [5, 5.41) is 4.00. The molecule has 1 aliphatic heterocycles. The Morgan fingerprint density at radius 3 is 2.82 bits per heavy atom. The lowest BCUT2D eigenvalue weighted by Crippen LogP contribution is -2.38. The van der Waals surface area contributed by atoms with Crippen LogP contribution in [0.25, 0.3) is 10.9 Å². The highest BCUT2D eigenvalue weighted by Crippen LogP contribution is 2.22. The number of hydrogen-bond acceptors (Lipinski definition) is 3. The molecule has 1 aliphatic rings. The van der Waals surface area contributed by atoms with Crippen molar-refractivity contribution in [1.82, 2.24) is 15.2 Å². The first-order valence-corrected chi connectivity index (χ1v) is 7.66. The van der Waals surface area contributed by atoms with Gasteiger partial charge in [-0.2, -0.15) is 0 Å². The fourth-order valence-corrected chi connectivity index (χ4v) is 3.09. The number of carbonyl (C=O) groups is 1. The van der Waals surface area contributed by atoms with Crippen LogP contribution in [0.5, 0.6) is 0 Å². The van der Waals surface area contributed by atoms with Crippen LogP contribution in [0, 0.1) is 0 Å². The Bertz CT molecular complexity index is 756. The minimum absolute atomic E-state index is 0. The van der Waals surface area contributed by atoms with Crippen LogP contribution in [0.2, 0.25) is 0 Å². The van der Waals surface area contributed by atoms with Crippen molar-refractivity contribution >= 4 is 45.1 Å². The van der Waals surface area contributed by atoms with E-state index in [9.17, 15) is 9.59 Å². The highest BCUT2D eigenvalue weighted by Gasteiger charge is 2.25. The van der Waals surface area contributed by atoms with E-state index < -0.39 is 0 Å². The van der Waals surface area contributed by atoms with Crippen molar-refractivity contribution in [3.8, 4) is 0 Å². The van der Waals surface area contributed by atoms with E-state index in [0.717, 1.165) is 29.4 Å². The average Bonchev–Trinajstić information content (AvgIpc) is 2.99. The Morgan fingerprint density at radius 1 is 1.36 bits per heavy atom. The number of pyridine rings is 1. The zero-order valence-corrected chi connectivity index (χ0v) is 14.5. The molecule has 7 heteroatoms. The molecular weight excluding hydrogens is 370 g/mol. The van der Waals surface area contributed by atoms with E-state index >= 15 is 0 Å². The Labute approximate surface area is 142 Å². The molecule has 1 aromatic carbocycles. The maximum atomic E-state index is 12.7. The SMILES string of the molecule is CN(C(=O)c1cc(=O)[nH]c2ccc(Br)cc12)C1CCNC1.Cl. The zero-order valence-electron chi connectivity index (χ0n) is 12.1. The number of rotatable bonds is 2. The Kier molecular flexibility index (Phi) is 5.26. The molecule has 2 heterocycles. The second kappa shape index (κ2) is 6.81. The van der Waals surface area contributed by atoms with E-state index in [0.29, 0.717) is 11.1 Å². The van der Waals surface area contributed by atoms with Gasteiger partial charge < -0.3 is 15.2 Å². The molecule has 0 saturated carbocycles. The highest BCUT2D eigenvalue weighted by molar-refractivity contribution is 9.10. The second-order valence-electron chi connectivity index (χ2n) is 5.30. The molecule has 0 radical (unpaired) electrons. The van der Waals surface area contributed by atoms with Gasteiger partial charge in [0, 0.05) is 41.1 Å². The molecule has 3 rings (SSSR count). The number of nitrogens with zero attached hydrogens (tertiary/aromatic N) is 1. The van der Waals surface area contributed by atoms with Gasteiger partial charge >= 0.3 is 0 Å². The summed E-state index contributed by atoms with van der Waals surface area (Å²) in [6.07, 6.45) is 0.938. The molecule has 1 atom stereocenters. The molecule has 1 aromatic heterocycles. The fraction of sp³-hybridized carbons (Fsp3) is 0.333. The van der Waals surface area contributed by atoms with Gasteiger partial charge in [-0.25, -0.2) is 0 Å². The number of amides is 1. The lowest BCUT2D eigenvalue weighted by atomic mass is 10.1. The van der Waals surface area contributed by atoms with E-state index in [4.69, 9.17) is 0 Å². The molecule has 1 unspecified atom stereocenters. The summed E-state index contributed by atoms with van der Waals surface area (Å²) in [6, 6.07) is 7.07. The largest absolute Gasteiger partial charge is 0.337 e. The normalized spacial score (nSPS) is 17.3. The first kappa shape index (κ1) is 17.0. The maximum absolute atomic E-state index is 12.7. The van der Waals surface area contributed by atoms with Crippen LogP contribution in [0.15, 0.2) is 33.5 Å². The Balaban J connectivity index is 0.00000176. The van der Waals surface area contributed by atoms with E-state index in [2.05, 4.69) is 26.2 Å². The molecular formula is C15H17BrClN3O2.